The van der Waals surface area contributed by atoms with Crippen molar-refractivity contribution >= 4 is 17.5 Å². The van der Waals surface area contributed by atoms with Gasteiger partial charge in [0.05, 0.1) is 12.0 Å². The Labute approximate surface area is 185 Å². The molecule has 1 aromatic carbocycles. The summed E-state index contributed by atoms with van der Waals surface area (Å²) in [4.78, 5) is 13.0. The number of fused-ring (bicyclic) bond motifs is 2. The molecule has 4 nitrogen and oxygen atoms in total. The first-order valence-electron chi connectivity index (χ1n) is 10.6. The van der Waals surface area contributed by atoms with Gasteiger partial charge in [-0.25, -0.2) is 5.53 Å². The number of nitrogens with one attached hydrogen (secondary N) is 1. The third-order valence-electron chi connectivity index (χ3n) is 5.86. The van der Waals surface area contributed by atoms with Crippen molar-refractivity contribution in [3.05, 3.63) is 81.9 Å². The van der Waals surface area contributed by atoms with E-state index in [9.17, 15) is 4.79 Å². The number of hydrogen-bond acceptors (Lipinski definition) is 4. The second-order valence-electron chi connectivity index (χ2n) is 10.1. The van der Waals surface area contributed by atoms with Gasteiger partial charge in [0.2, 0.25) is 0 Å². The molecule has 4 rings (SSSR count). The fraction of sp³-hybridized carbons (Fsp3) is 0.370. The van der Waals surface area contributed by atoms with Crippen molar-refractivity contribution in [2.24, 2.45) is 15.9 Å². The summed E-state index contributed by atoms with van der Waals surface area (Å²) in [6, 6.07) is 7.52. The van der Waals surface area contributed by atoms with Gasteiger partial charge in [-0.05, 0) is 72.6 Å². The van der Waals surface area contributed by atoms with Gasteiger partial charge >= 0.3 is 0 Å². The molecule has 0 radical (unpaired) electrons. The van der Waals surface area contributed by atoms with Crippen molar-refractivity contribution in [3.8, 4) is 0 Å². The second-order valence-corrected chi connectivity index (χ2v) is 10.1. The molecule has 1 N–H and O–H groups in total. The zero-order chi connectivity index (χ0) is 23.0. The first kappa shape index (κ1) is 22.7. The summed E-state index contributed by atoms with van der Waals surface area (Å²) < 4.78 is 5.73. The quantitative estimate of drug-likeness (QED) is 0.484. The molecule has 0 fully saturated rings. The summed E-state index contributed by atoms with van der Waals surface area (Å²) in [5.41, 5.74) is 13.4. The number of allylic oxidation sites excluding steroid dienone is 5. The summed E-state index contributed by atoms with van der Waals surface area (Å²) in [5, 5.41) is 3.26. The van der Waals surface area contributed by atoms with E-state index in [2.05, 4.69) is 52.7 Å². The molecule has 0 atom stereocenters. The fourth-order valence-electron chi connectivity index (χ4n) is 3.94. The number of rotatable bonds is 1. The number of carbonyl (C=O) groups excluding carboxylic acids is 1. The first-order valence-corrected chi connectivity index (χ1v) is 10.6. The maximum atomic E-state index is 13.0. The van der Waals surface area contributed by atoms with Crippen LogP contribution in [0.1, 0.15) is 57.1 Å². The molecule has 0 unspecified atom stereocenters. The van der Waals surface area contributed by atoms with E-state index in [0.29, 0.717) is 5.69 Å². The summed E-state index contributed by atoms with van der Waals surface area (Å²) in [6.45, 7) is 14.7. The van der Waals surface area contributed by atoms with Gasteiger partial charge < -0.3 is 4.42 Å². The zero-order valence-corrected chi connectivity index (χ0v) is 19.6. The number of hydrogen-bond donors (Lipinski definition) is 1. The Bertz CT molecular complexity index is 1100. The third-order valence-corrected chi connectivity index (χ3v) is 5.86. The van der Waals surface area contributed by atoms with Gasteiger partial charge in [-0.2, -0.15) is 5.11 Å². The van der Waals surface area contributed by atoms with Crippen LogP contribution >= 0.6 is 0 Å². The Kier molecular flexibility index (Phi) is 6.04. The smallest absolute Gasteiger partial charge is 0.186 e. The molecule has 0 spiro atoms. The van der Waals surface area contributed by atoms with Crippen molar-refractivity contribution in [3.63, 3.8) is 0 Å². The van der Waals surface area contributed by atoms with Crippen LogP contribution in [-0.4, -0.2) is 5.78 Å². The van der Waals surface area contributed by atoms with Crippen LogP contribution in [0, 0.1) is 30.2 Å². The number of ketones is 1. The minimum atomic E-state index is -0.204. The van der Waals surface area contributed by atoms with E-state index >= 15 is 0 Å². The monoisotopic (exact) mass is 416 g/mol. The van der Waals surface area contributed by atoms with E-state index in [0.717, 1.165) is 34.5 Å². The lowest BCUT2D eigenvalue weighted by molar-refractivity contribution is -0.114. The zero-order valence-electron chi connectivity index (χ0n) is 19.6. The molecule has 0 saturated carbocycles. The molecule has 0 amide bonds. The van der Waals surface area contributed by atoms with Crippen LogP contribution in [0.2, 0.25) is 0 Å². The highest BCUT2D eigenvalue weighted by atomic mass is 16.3. The molecule has 31 heavy (non-hydrogen) atoms. The minimum absolute atomic E-state index is 0.160. The number of aryl methyl sites for hydroxylation is 2. The van der Waals surface area contributed by atoms with E-state index in [1.807, 2.05) is 49.6 Å². The van der Waals surface area contributed by atoms with Gasteiger partial charge in [0.1, 0.15) is 5.76 Å². The average Bonchev–Trinajstić information content (AvgIpc) is 3.01. The predicted octanol–water partition coefficient (Wildman–Crippen LogP) is 7.69. The number of Topliss-reactive ketones (excluding diaryl/α,β-unsaturated/α-hetero) is 1. The molecule has 4 heteroatoms. The number of carbonyl (C=O) groups is 1. The second kappa shape index (κ2) is 8.26. The Hall–Kier alpha value is -3.01. The van der Waals surface area contributed by atoms with E-state index in [-0.39, 0.29) is 16.6 Å². The van der Waals surface area contributed by atoms with Gasteiger partial charge in [-0.15, -0.1) is 0 Å². The van der Waals surface area contributed by atoms with Crippen molar-refractivity contribution in [1.82, 2.24) is 0 Å². The first-order chi connectivity index (χ1) is 14.4. The van der Waals surface area contributed by atoms with E-state index in [4.69, 9.17) is 9.95 Å². The van der Waals surface area contributed by atoms with Crippen LogP contribution in [-0.2, 0) is 11.2 Å². The SMILES string of the molecule is Cc1ccc(N=N)cc1.Cc1coc2c1CC(C)(C)C1=C/C(=C\2)C=C(C(C)(C)C)C1=O. The minimum Gasteiger partial charge on any atom is -0.464 e. The van der Waals surface area contributed by atoms with Crippen LogP contribution in [0.5, 0.6) is 0 Å². The molecule has 0 aliphatic heterocycles. The molecule has 2 aliphatic rings. The van der Waals surface area contributed by atoms with Gasteiger partial charge in [-0.1, -0.05) is 52.3 Å². The molecule has 1 aromatic heterocycles. The van der Waals surface area contributed by atoms with Crippen molar-refractivity contribution < 1.29 is 9.21 Å². The number of furan rings is 1. The van der Waals surface area contributed by atoms with E-state index in [1.54, 1.807) is 0 Å². The molecule has 162 valence electrons. The Morgan fingerprint density at radius 2 is 1.68 bits per heavy atom. The van der Waals surface area contributed by atoms with Crippen molar-refractivity contribution in [1.29, 1.82) is 5.53 Å². The highest BCUT2D eigenvalue weighted by Gasteiger charge is 2.38. The van der Waals surface area contributed by atoms with Crippen LogP contribution in [0.15, 0.2) is 68.9 Å². The highest BCUT2D eigenvalue weighted by Crippen LogP contribution is 2.43. The largest absolute Gasteiger partial charge is 0.464 e. The summed E-state index contributed by atoms with van der Waals surface area (Å²) in [5.74, 6) is 1.12. The molecule has 1 heterocycles. The fourth-order valence-corrected chi connectivity index (χ4v) is 3.94. The molecular weight excluding hydrogens is 384 g/mol. The lowest BCUT2D eigenvalue weighted by atomic mass is 9.68. The molecular formula is C27H32N2O2. The molecule has 0 saturated heterocycles. The van der Waals surface area contributed by atoms with Gasteiger partial charge in [0.15, 0.2) is 5.78 Å². The van der Waals surface area contributed by atoms with Crippen LogP contribution in [0.3, 0.4) is 0 Å². The van der Waals surface area contributed by atoms with E-state index in [1.165, 1.54) is 11.1 Å². The normalized spacial score (nSPS) is 18.8. The number of nitrogens with zero attached hydrogens (tertiary/aromatic N) is 1. The van der Waals surface area contributed by atoms with Gasteiger partial charge in [0.25, 0.3) is 0 Å². The average molecular weight is 417 g/mol. The Balaban J connectivity index is 0.000000254. The summed E-state index contributed by atoms with van der Waals surface area (Å²) in [6.07, 6.45) is 8.76. The Morgan fingerprint density at radius 3 is 2.26 bits per heavy atom. The summed E-state index contributed by atoms with van der Waals surface area (Å²) >= 11 is 0. The molecule has 2 aromatic rings. The predicted molar refractivity (Wildman–Crippen MR) is 126 cm³/mol. The standard InChI is InChI=1S/C20H24O2.C7H8N2/c1-12-11-22-17-9-13-7-15(19(2,3)4)18(21)16(8-13)20(5,6)10-14(12)17;1-6-2-4-7(9-8)5-3-6/h7-9,11H,10H2,1-6H3;2-5,8H,1H3/b13-9-;. The van der Waals surface area contributed by atoms with Crippen LogP contribution in [0.25, 0.3) is 6.08 Å². The maximum absolute atomic E-state index is 13.0. The van der Waals surface area contributed by atoms with Crippen LogP contribution < -0.4 is 0 Å². The lowest BCUT2D eigenvalue weighted by Gasteiger charge is -2.34. The Morgan fingerprint density at radius 1 is 1.03 bits per heavy atom. The third kappa shape index (κ3) is 4.84. The molecule has 2 aliphatic carbocycles. The van der Waals surface area contributed by atoms with Crippen molar-refractivity contribution in [2.45, 2.75) is 54.9 Å². The topological polar surface area (TPSA) is 66.4 Å². The summed E-state index contributed by atoms with van der Waals surface area (Å²) in [7, 11) is 0. The van der Waals surface area contributed by atoms with Gasteiger partial charge in [0, 0.05) is 16.7 Å². The highest BCUT2D eigenvalue weighted by molar-refractivity contribution is 6.12. The number of benzene rings is 1. The van der Waals surface area contributed by atoms with Crippen molar-refractivity contribution in [2.75, 3.05) is 0 Å². The van der Waals surface area contributed by atoms with Gasteiger partial charge in [-0.3, -0.25) is 4.79 Å². The van der Waals surface area contributed by atoms with E-state index < -0.39 is 0 Å². The maximum Gasteiger partial charge on any atom is 0.186 e. The lowest BCUT2D eigenvalue weighted by Crippen LogP contribution is -2.31. The van der Waals surface area contributed by atoms with Crippen LogP contribution in [0.4, 0.5) is 5.69 Å². The molecule has 2 bridgehead atoms.